The van der Waals surface area contributed by atoms with Gasteiger partial charge in [0.25, 0.3) is 5.91 Å². The number of benzene rings is 1. The lowest BCUT2D eigenvalue weighted by Crippen LogP contribution is -2.41. The van der Waals surface area contributed by atoms with Gasteiger partial charge in [0.1, 0.15) is 5.75 Å². The van der Waals surface area contributed by atoms with Crippen molar-refractivity contribution >= 4 is 11.8 Å². The molecule has 2 amide bonds. The molecule has 0 aliphatic rings. The van der Waals surface area contributed by atoms with Crippen molar-refractivity contribution in [2.45, 2.75) is 26.7 Å². The molecule has 3 N–H and O–H groups in total. The third-order valence-corrected chi connectivity index (χ3v) is 2.41. The Bertz CT molecular complexity index is 430. The molecular formula is C13H18N2O3. The molecule has 0 aliphatic heterocycles. The van der Waals surface area contributed by atoms with Gasteiger partial charge in [-0.05, 0) is 24.5 Å². The maximum absolute atomic E-state index is 11.6. The first kappa shape index (κ1) is 14.0. The van der Waals surface area contributed by atoms with Gasteiger partial charge in [-0.2, -0.15) is 0 Å². The molecule has 0 radical (unpaired) electrons. The Morgan fingerprint density at radius 2 is 1.89 bits per heavy atom. The van der Waals surface area contributed by atoms with Crippen LogP contribution < -0.4 is 10.9 Å². The zero-order valence-corrected chi connectivity index (χ0v) is 10.6. The molecule has 0 saturated carbocycles. The van der Waals surface area contributed by atoms with Crippen molar-refractivity contribution in [3.63, 3.8) is 0 Å². The SMILES string of the molecule is CC(C)CCC(=O)NNC(=O)c1ccccc1O. The fourth-order valence-electron chi connectivity index (χ4n) is 1.34. The van der Waals surface area contributed by atoms with Gasteiger partial charge in [0.15, 0.2) is 0 Å². The molecule has 0 fully saturated rings. The van der Waals surface area contributed by atoms with E-state index >= 15 is 0 Å². The minimum absolute atomic E-state index is 0.119. The molecule has 0 spiro atoms. The molecule has 0 atom stereocenters. The molecule has 0 unspecified atom stereocenters. The van der Waals surface area contributed by atoms with E-state index in [1.165, 1.54) is 12.1 Å². The largest absolute Gasteiger partial charge is 0.507 e. The molecule has 1 aromatic carbocycles. The number of nitrogens with one attached hydrogen (secondary N) is 2. The fourth-order valence-corrected chi connectivity index (χ4v) is 1.34. The predicted octanol–water partition coefficient (Wildman–Crippen LogP) is 1.59. The summed E-state index contributed by atoms with van der Waals surface area (Å²) in [7, 11) is 0. The summed E-state index contributed by atoms with van der Waals surface area (Å²) < 4.78 is 0. The molecule has 0 aromatic heterocycles. The summed E-state index contributed by atoms with van der Waals surface area (Å²) in [5.41, 5.74) is 4.71. The average Bonchev–Trinajstić information content (AvgIpc) is 2.34. The van der Waals surface area contributed by atoms with Crippen LogP contribution in [0.3, 0.4) is 0 Å². The van der Waals surface area contributed by atoms with Crippen LogP contribution in [0.4, 0.5) is 0 Å². The Hall–Kier alpha value is -2.04. The second-order valence-corrected chi connectivity index (χ2v) is 4.45. The summed E-state index contributed by atoms with van der Waals surface area (Å²) in [6, 6.07) is 6.14. The van der Waals surface area contributed by atoms with E-state index in [1.54, 1.807) is 12.1 Å². The number of rotatable bonds is 4. The quantitative estimate of drug-likeness (QED) is 0.710. The summed E-state index contributed by atoms with van der Waals surface area (Å²) in [5, 5.41) is 9.45. The van der Waals surface area contributed by atoms with Crippen LogP contribution >= 0.6 is 0 Å². The Labute approximate surface area is 106 Å². The molecule has 0 heterocycles. The van der Waals surface area contributed by atoms with E-state index in [-0.39, 0.29) is 17.2 Å². The van der Waals surface area contributed by atoms with Crippen molar-refractivity contribution < 1.29 is 14.7 Å². The van der Waals surface area contributed by atoms with Gasteiger partial charge in [0, 0.05) is 6.42 Å². The lowest BCUT2D eigenvalue weighted by atomic mass is 10.1. The van der Waals surface area contributed by atoms with Crippen LogP contribution in [0, 0.1) is 5.92 Å². The van der Waals surface area contributed by atoms with Gasteiger partial charge in [-0.1, -0.05) is 26.0 Å². The molecule has 1 rings (SSSR count). The van der Waals surface area contributed by atoms with E-state index in [0.717, 1.165) is 6.42 Å². The lowest BCUT2D eigenvalue weighted by Gasteiger charge is -2.09. The number of hydrazine groups is 1. The van der Waals surface area contributed by atoms with Crippen LogP contribution in [-0.4, -0.2) is 16.9 Å². The summed E-state index contributed by atoms with van der Waals surface area (Å²) in [4.78, 5) is 23.0. The van der Waals surface area contributed by atoms with Crippen molar-refractivity contribution in [3.05, 3.63) is 29.8 Å². The first-order chi connectivity index (χ1) is 8.50. The molecule has 1 aromatic rings. The zero-order chi connectivity index (χ0) is 13.5. The van der Waals surface area contributed by atoms with E-state index < -0.39 is 5.91 Å². The van der Waals surface area contributed by atoms with Crippen molar-refractivity contribution in [1.82, 2.24) is 10.9 Å². The molecule has 98 valence electrons. The highest BCUT2D eigenvalue weighted by Crippen LogP contribution is 2.14. The van der Waals surface area contributed by atoms with Gasteiger partial charge in [-0.15, -0.1) is 0 Å². The Morgan fingerprint density at radius 3 is 2.50 bits per heavy atom. The molecule has 5 nitrogen and oxygen atoms in total. The smallest absolute Gasteiger partial charge is 0.273 e. The van der Waals surface area contributed by atoms with Crippen molar-refractivity contribution in [1.29, 1.82) is 0 Å². The second-order valence-electron chi connectivity index (χ2n) is 4.45. The normalized spacial score (nSPS) is 10.2. The van der Waals surface area contributed by atoms with Crippen molar-refractivity contribution in [2.24, 2.45) is 5.92 Å². The predicted molar refractivity (Wildman–Crippen MR) is 67.8 cm³/mol. The second kappa shape index (κ2) is 6.64. The highest BCUT2D eigenvalue weighted by molar-refractivity contribution is 5.97. The van der Waals surface area contributed by atoms with Crippen molar-refractivity contribution in [3.8, 4) is 5.75 Å². The number of hydrogen-bond donors (Lipinski definition) is 3. The first-order valence-electron chi connectivity index (χ1n) is 5.88. The van der Waals surface area contributed by atoms with Gasteiger partial charge in [0.05, 0.1) is 5.56 Å². The third-order valence-electron chi connectivity index (χ3n) is 2.41. The van der Waals surface area contributed by atoms with E-state index in [4.69, 9.17) is 0 Å². The summed E-state index contributed by atoms with van der Waals surface area (Å²) in [6.45, 7) is 4.04. The van der Waals surface area contributed by atoms with Crippen LogP contribution in [-0.2, 0) is 4.79 Å². The number of amides is 2. The van der Waals surface area contributed by atoms with E-state index in [2.05, 4.69) is 10.9 Å². The number of aromatic hydroxyl groups is 1. The summed E-state index contributed by atoms with van der Waals surface area (Å²) >= 11 is 0. The lowest BCUT2D eigenvalue weighted by molar-refractivity contribution is -0.122. The minimum atomic E-state index is -0.536. The number of carbonyl (C=O) groups excluding carboxylic acids is 2. The van der Waals surface area contributed by atoms with Crippen LogP contribution in [0.2, 0.25) is 0 Å². The van der Waals surface area contributed by atoms with Crippen LogP contribution in [0.25, 0.3) is 0 Å². The maximum atomic E-state index is 11.6. The van der Waals surface area contributed by atoms with Gasteiger partial charge < -0.3 is 5.11 Å². The molecule has 0 aliphatic carbocycles. The summed E-state index contributed by atoms with van der Waals surface area (Å²) in [6.07, 6.45) is 1.12. The molecule has 18 heavy (non-hydrogen) atoms. The van der Waals surface area contributed by atoms with Gasteiger partial charge in [0.2, 0.25) is 5.91 Å². The van der Waals surface area contributed by atoms with Crippen molar-refractivity contribution in [2.75, 3.05) is 0 Å². The third kappa shape index (κ3) is 4.45. The van der Waals surface area contributed by atoms with Gasteiger partial charge in [-0.3, -0.25) is 20.4 Å². The maximum Gasteiger partial charge on any atom is 0.273 e. The molecular weight excluding hydrogens is 232 g/mol. The molecule has 0 saturated heterocycles. The van der Waals surface area contributed by atoms with E-state index in [0.29, 0.717) is 12.3 Å². The Balaban J connectivity index is 2.42. The summed E-state index contributed by atoms with van der Waals surface area (Å²) in [5.74, 6) is -0.463. The number of carbonyl (C=O) groups is 2. The first-order valence-corrected chi connectivity index (χ1v) is 5.88. The Kier molecular flexibility index (Phi) is 5.17. The number of para-hydroxylation sites is 1. The van der Waals surface area contributed by atoms with Crippen LogP contribution in [0.15, 0.2) is 24.3 Å². The molecule has 5 heteroatoms. The standard InChI is InChI=1S/C13H18N2O3/c1-9(2)7-8-12(17)14-15-13(18)10-5-3-4-6-11(10)16/h3-6,9,16H,7-8H2,1-2H3,(H,14,17)(H,15,18). The highest BCUT2D eigenvalue weighted by atomic mass is 16.3. The van der Waals surface area contributed by atoms with Gasteiger partial charge in [-0.25, -0.2) is 0 Å². The fraction of sp³-hybridized carbons (Fsp3) is 0.385. The van der Waals surface area contributed by atoms with Crippen LogP contribution in [0.1, 0.15) is 37.0 Å². The number of phenolic OH excluding ortho intramolecular Hbond substituents is 1. The van der Waals surface area contributed by atoms with Gasteiger partial charge >= 0.3 is 0 Å². The average molecular weight is 250 g/mol. The number of hydrogen-bond acceptors (Lipinski definition) is 3. The minimum Gasteiger partial charge on any atom is -0.507 e. The van der Waals surface area contributed by atoms with E-state index in [1.807, 2.05) is 13.8 Å². The Morgan fingerprint density at radius 1 is 1.22 bits per heavy atom. The topological polar surface area (TPSA) is 78.4 Å². The van der Waals surface area contributed by atoms with Crippen LogP contribution in [0.5, 0.6) is 5.75 Å². The monoisotopic (exact) mass is 250 g/mol. The van der Waals surface area contributed by atoms with E-state index in [9.17, 15) is 14.7 Å². The zero-order valence-electron chi connectivity index (χ0n) is 10.6. The number of phenols is 1. The molecule has 0 bridgehead atoms. The highest BCUT2D eigenvalue weighted by Gasteiger charge is 2.11.